The van der Waals surface area contributed by atoms with Crippen molar-refractivity contribution in [2.24, 2.45) is 0 Å². The van der Waals surface area contributed by atoms with Crippen molar-refractivity contribution in [3.8, 4) is 0 Å². The minimum atomic E-state index is 0.452. The lowest BCUT2D eigenvalue weighted by Crippen LogP contribution is -2.30. The molecule has 0 saturated carbocycles. The van der Waals surface area contributed by atoms with Crippen LogP contribution in [-0.2, 0) is 24.3 Å². The zero-order chi connectivity index (χ0) is 14.1. The van der Waals surface area contributed by atoms with Gasteiger partial charge in [0, 0.05) is 41.2 Å². The molecule has 7 heteroatoms. The fourth-order valence-electron chi connectivity index (χ4n) is 2.32. The largest absolute Gasteiger partial charge is 0.377 e. The first-order valence-corrected chi connectivity index (χ1v) is 8.15. The first kappa shape index (κ1) is 14.3. The van der Waals surface area contributed by atoms with Gasteiger partial charge in [-0.1, -0.05) is 27.5 Å². The molecular formula is C13H13BrClN3OS. The van der Waals surface area contributed by atoms with Gasteiger partial charge < -0.3 is 9.64 Å². The third-order valence-corrected chi connectivity index (χ3v) is 5.21. The third-order valence-electron chi connectivity index (χ3n) is 3.30. The summed E-state index contributed by atoms with van der Waals surface area (Å²) >= 11 is 11.3. The fraction of sp³-hybridized carbons (Fsp3) is 0.385. The molecule has 0 amide bonds. The lowest BCUT2D eigenvalue weighted by molar-refractivity contribution is 0.179. The van der Waals surface area contributed by atoms with Gasteiger partial charge in [-0.15, -0.1) is 0 Å². The maximum Gasteiger partial charge on any atom is 0.205 e. The Kier molecular flexibility index (Phi) is 4.26. The smallest absolute Gasteiger partial charge is 0.205 e. The molecule has 0 N–H and O–H groups in total. The number of fused-ring (bicyclic) bond motifs is 1. The van der Waals surface area contributed by atoms with Crippen molar-refractivity contribution in [3.05, 3.63) is 38.6 Å². The van der Waals surface area contributed by atoms with Crippen LogP contribution in [0.2, 0.25) is 5.02 Å². The monoisotopic (exact) mass is 373 g/mol. The second kappa shape index (κ2) is 5.97. The quantitative estimate of drug-likeness (QED) is 0.822. The van der Waals surface area contributed by atoms with Crippen molar-refractivity contribution in [3.63, 3.8) is 0 Å². The second-order valence-electron chi connectivity index (χ2n) is 4.58. The van der Waals surface area contributed by atoms with E-state index in [-0.39, 0.29) is 0 Å². The summed E-state index contributed by atoms with van der Waals surface area (Å²) in [6, 6.07) is 3.95. The topological polar surface area (TPSA) is 38.2 Å². The highest BCUT2D eigenvalue weighted by atomic mass is 79.9. The van der Waals surface area contributed by atoms with E-state index in [1.165, 1.54) is 22.7 Å². The van der Waals surface area contributed by atoms with Crippen LogP contribution in [0.5, 0.6) is 0 Å². The summed E-state index contributed by atoms with van der Waals surface area (Å²) in [6.07, 6.45) is 0.954. The van der Waals surface area contributed by atoms with Gasteiger partial charge in [0.25, 0.3) is 0 Å². The number of anilines is 1. The van der Waals surface area contributed by atoms with Gasteiger partial charge >= 0.3 is 0 Å². The second-order valence-corrected chi connectivity index (χ2v) is 6.58. The molecule has 0 unspecified atom stereocenters. The Morgan fingerprint density at radius 2 is 2.30 bits per heavy atom. The standard InChI is InChI=1S/C13H13BrClN3OS/c1-19-7-12-16-13(20-17-12)18-5-4-8-9(6-18)11(15)3-2-10(8)14/h2-3H,4-7H2,1H3. The van der Waals surface area contributed by atoms with Crippen LogP contribution in [0.3, 0.4) is 0 Å². The molecule has 1 aliphatic rings. The van der Waals surface area contributed by atoms with Crippen molar-refractivity contribution in [2.75, 3.05) is 18.6 Å². The summed E-state index contributed by atoms with van der Waals surface area (Å²) in [7, 11) is 1.65. The van der Waals surface area contributed by atoms with Crippen LogP contribution in [0, 0.1) is 0 Å². The number of halogens is 2. The van der Waals surface area contributed by atoms with Crippen molar-refractivity contribution in [2.45, 2.75) is 19.6 Å². The van der Waals surface area contributed by atoms with Gasteiger partial charge in [0.1, 0.15) is 6.61 Å². The van der Waals surface area contributed by atoms with Gasteiger partial charge in [-0.25, -0.2) is 4.98 Å². The van der Waals surface area contributed by atoms with Crippen molar-refractivity contribution >= 4 is 44.2 Å². The first-order chi connectivity index (χ1) is 9.69. The fourth-order valence-corrected chi connectivity index (χ4v) is 3.82. The molecule has 20 heavy (non-hydrogen) atoms. The van der Waals surface area contributed by atoms with E-state index in [1.54, 1.807) is 7.11 Å². The Bertz CT molecular complexity index is 634. The molecule has 0 fully saturated rings. The van der Waals surface area contributed by atoms with Gasteiger partial charge in [0.2, 0.25) is 5.13 Å². The Balaban J connectivity index is 1.86. The maximum absolute atomic E-state index is 6.32. The van der Waals surface area contributed by atoms with E-state index in [9.17, 15) is 0 Å². The van der Waals surface area contributed by atoms with Crippen LogP contribution in [0.1, 0.15) is 17.0 Å². The number of hydrogen-bond donors (Lipinski definition) is 0. The minimum absolute atomic E-state index is 0.452. The number of ether oxygens (including phenoxy) is 1. The Morgan fingerprint density at radius 3 is 3.10 bits per heavy atom. The van der Waals surface area contributed by atoms with Crippen LogP contribution in [-0.4, -0.2) is 23.0 Å². The van der Waals surface area contributed by atoms with Crippen LogP contribution in [0.15, 0.2) is 16.6 Å². The van der Waals surface area contributed by atoms with E-state index in [0.717, 1.165) is 40.0 Å². The highest BCUT2D eigenvalue weighted by Crippen LogP contribution is 2.34. The van der Waals surface area contributed by atoms with E-state index < -0.39 is 0 Å². The summed E-state index contributed by atoms with van der Waals surface area (Å²) < 4.78 is 10.5. The van der Waals surface area contributed by atoms with E-state index in [4.69, 9.17) is 16.3 Å². The third kappa shape index (κ3) is 2.70. The minimum Gasteiger partial charge on any atom is -0.377 e. The average molecular weight is 375 g/mol. The molecule has 0 spiro atoms. The zero-order valence-electron chi connectivity index (χ0n) is 10.9. The molecule has 1 aliphatic heterocycles. The average Bonchev–Trinajstić information content (AvgIpc) is 2.92. The van der Waals surface area contributed by atoms with Crippen molar-refractivity contribution in [1.29, 1.82) is 0 Å². The van der Waals surface area contributed by atoms with Gasteiger partial charge in [-0.05, 0) is 29.7 Å². The van der Waals surface area contributed by atoms with E-state index in [1.807, 2.05) is 12.1 Å². The molecule has 0 atom stereocenters. The van der Waals surface area contributed by atoms with Crippen LogP contribution in [0.4, 0.5) is 5.13 Å². The summed E-state index contributed by atoms with van der Waals surface area (Å²) in [6.45, 7) is 2.15. The zero-order valence-corrected chi connectivity index (χ0v) is 14.1. The number of methoxy groups -OCH3 is 1. The Hall–Kier alpha value is -0.690. The van der Waals surface area contributed by atoms with Crippen LogP contribution in [0.25, 0.3) is 0 Å². The highest BCUT2D eigenvalue weighted by Gasteiger charge is 2.23. The predicted molar refractivity (Wildman–Crippen MR) is 84.5 cm³/mol. The normalized spacial score (nSPS) is 14.4. The molecule has 2 heterocycles. The number of benzene rings is 1. The lowest BCUT2D eigenvalue weighted by atomic mass is 10.0. The Morgan fingerprint density at radius 1 is 1.45 bits per heavy atom. The van der Waals surface area contributed by atoms with Crippen molar-refractivity contribution in [1.82, 2.24) is 9.36 Å². The molecule has 1 aromatic carbocycles. The summed E-state index contributed by atoms with van der Waals surface area (Å²) in [5.41, 5.74) is 2.48. The SMILES string of the molecule is COCc1nsc(N2CCc3c(Br)ccc(Cl)c3C2)n1. The number of rotatable bonds is 3. The van der Waals surface area contributed by atoms with Crippen LogP contribution < -0.4 is 4.90 Å². The first-order valence-electron chi connectivity index (χ1n) is 6.21. The predicted octanol–water partition coefficient (Wildman–Crippen LogP) is 3.66. The maximum atomic E-state index is 6.32. The molecule has 4 nitrogen and oxygen atoms in total. The molecule has 3 rings (SSSR count). The van der Waals surface area contributed by atoms with Gasteiger partial charge in [0.15, 0.2) is 5.82 Å². The number of hydrogen-bond acceptors (Lipinski definition) is 5. The number of aromatic nitrogens is 2. The molecular weight excluding hydrogens is 362 g/mol. The molecule has 1 aromatic heterocycles. The molecule has 0 aliphatic carbocycles. The molecule has 0 radical (unpaired) electrons. The van der Waals surface area contributed by atoms with E-state index >= 15 is 0 Å². The highest BCUT2D eigenvalue weighted by molar-refractivity contribution is 9.10. The molecule has 0 saturated heterocycles. The summed E-state index contributed by atoms with van der Waals surface area (Å²) in [5.74, 6) is 0.735. The Labute approximate surface area is 135 Å². The van der Waals surface area contributed by atoms with Gasteiger partial charge in [-0.3, -0.25) is 0 Å². The lowest BCUT2D eigenvalue weighted by Gasteiger charge is -2.29. The molecule has 2 aromatic rings. The number of nitrogens with zero attached hydrogens (tertiary/aromatic N) is 3. The van der Waals surface area contributed by atoms with Crippen molar-refractivity contribution < 1.29 is 4.74 Å². The molecule has 106 valence electrons. The summed E-state index contributed by atoms with van der Waals surface area (Å²) in [5, 5.41) is 1.74. The van der Waals surface area contributed by atoms with Crippen LogP contribution >= 0.6 is 39.1 Å². The van der Waals surface area contributed by atoms with Gasteiger partial charge in [-0.2, -0.15) is 4.37 Å². The van der Waals surface area contributed by atoms with E-state index in [0.29, 0.717) is 6.61 Å². The molecule has 0 bridgehead atoms. The summed E-state index contributed by atoms with van der Waals surface area (Å²) in [4.78, 5) is 6.72. The van der Waals surface area contributed by atoms with Gasteiger partial charge in [0.05, 0.1) is 0 Å². The van der Waals surface area contributed by atoms with E-state index in [2.05, 4.69) is 30.2 Å².